The van der Waals surface area contributed by atoms with Gasteiger partial charge in [0.1, 0.15) is 6.10 Å². The zero-order valence-corrected chi connectivity index (χ0v) is 7.08. The molecule has 0 bridgehead atoms. The number of hydrogen-bond donors (Lipinski definition) is 1. The Hall–Kier alpha value is -0.570. The maximum absolute atomic E-state index is 11.1. The molecule has 0 spiro atoms. The molecule has 1 N–H and O–H groups in total. The van der Waals surface area contributed by atoms with Crippen LogP contribution in [0.1, 0.15) is 20.3 Å². The number of carbonyl (C=O) groups is 1. The molecule has 0 radical (unpaired) electrons. The van der Waals surface area contributed by atoms with Gasteiger partial charge in [-0.25, -0.2) is 0 Å². The lowest BCUT2D eigenvalue weighted by atomic mass is 9.97. The Balaban J connectivity index is 2.27. The number of nitrogens with zero attached hydrogens (tertiary/aromatic N) is 1. The van der Waals surface area contributed by atoms with Gasteiger partial charge in [0.2, 0.25) is 0 Å². The van der Waals surface area contributed by atoms with Crippen LogP contribution in [0.3, 0.4) is 0 Å². The van der Waals surface area contributed by atoms with E-state index in [-0.39, 0.29) is 5.91 Å². The number of carbonyl (C=O) groups excluding carboxylic acids is 1. The minimum absolute atomic E-state index is 0.130. The summed E-state index contributed by atoms with van der Waals surface area (Å²) in [7, 11) is 0. The number of hydrogen-bond acceptors (Lipinski definition) is 2. The second-order valence-electron chi connectivity index (χ2n) is 3.19. The normalized spacial score (nSPS) is 21.2. The van der Waals surface area contributed by atoms with Crippen molar-refractivity contribution in [2.45, 2.75) is 26.4 Å². The lowest BCUT2D eigenvalue weighted by molar-refractivity contribution is -0.145. The van der Waals surface area contributed by atoms with Gasteiger partial charge in [-0.1, -0.05) is 6.92 Å². The quantitative estimate of drug-likeness (QED) is 0.623. The molecule has 1 unspecified atom stereocenters. The molecule has 0 aliphatic carbocycles. The van der Waals surface area contributed by atoms with Gasteiger partial charge in [0.25, 0.3) is 5.91 Å². The number of likely N-dealkylation sites (tertiary alicyclic amines) is 1. The Labute approximate surface area is 67.0 Å². The molecule has 1 heterocycles. The molecule has 11 heavy (non-hydrogen) atoms. The molecule has 1 rings (SSSR count). The van der Waals surface area contributed by atoms with Gasteiger partial charge in [-0.05, 0) is 19.3 Å². The molecule has 0 aromatic rings. The summed E-state index contributed by atoms with van der Waals surface area (Å²) in [6.07, 6.45) is 0.302. The van der Waals surface area contributed by atoms with Crippen molar-refractivity contribution in [1.82, 2.24) is 4.90 Å². The van der Waals surface area contributed by atoms with Crippen molar-refractivity contribution in [3.8, 4) is 0 Å². The van der Waals surface area contributed by atoms with Crippen LogP contribution < -0.4 is 0 Å². The minimum atomic E-state index is -0.826. The molecule has 1 fully saturated rings. The van der Waals surface area contributed by atoms with E-state index in [0.29, 0.717) is 5.92 Å². The van der Waals surface area contributed by atoms with Gasteiger partial charge < -0.3 is 10.0 Å². The first-order valence-electron chi connectivity index (χ1n) is 4.12. The summed E-state index contributed by atoms with van der Waals surface area (Å²) < 4.78 is 0. The van der Waals surface area contributed by atoms with Crippen LogP contribution in [0.25, 0.3) is 0 Å². The van der Waals surface area contributed by atoms with Gasteiger partial charge in [-0.3, -0.25) is 4.79 Å². The van der Waals surface area contributed by atoms with Gasteiger partial charge in [0, 0.05) is 13.1 Å². The first-order chi connectivity index (χ1) is 5.15. The molecule has 64 valence electrons. The van der Waals surface area contributed by atoms with Crippen LogP contribution in [-0.2, 0) is 4.79 Å². The lowest BCUT2D eigenvalue weighted by Gasteiger charge is -2.39. The predicted octanol–water partition coefficient (Wildman–Crippen LogP) is 0.236. The highest BCUT2D eigenvalue weighted by atomic mass is 16.3. The molecule has 3 heteroatoms. The average molecular weight is 157 g/mol. The highest BCUT2D eigenvalue weighted by Crippen LogP contribution is 2.18. The van der Waals surface area contributed by atoms with Crippen molar-refractivity contribution in [1.29, 1.82) is 0 Å². The maximum Gasteiger partial charge on any atom is 0.251 e. The first-order valence-corrected chi connectivity index (χ1v) is 4.12. The van der Waals surface area contributed by atoms with Crippen LogP contribution in [0.15, 0.2) is 0 Å². The highest BCUT2D eigenvalue weighted by Gasteiger charge is 2.30. The van der Waals surface area contributed by atoms with Gasteiger partial charge in [-0.2, -0.15) is 0 Å². The summed E-state index contributed by atoms with van der Waals surface area (Å²) in [6, 6.07) is 0. The van der Waals surface area contributed by atoms with Crippen molar-refractivity contribution < 1.29 is 9.90 Å². The Kier molecular flexibility index (Phi) is 2.49. The molecule has 1 aliphatic rings. The monoisotopic (exact) mass is 157 g/mol. The minimum Gasteiger partial charge on any atom is -0.384 e. The summed E-state index contributed by atoms with van der Waals surface area (Å²) in [6.45, 7) is 5.30. The zero-order valence-electron chi connectivity index (χ0n) is 7.08. The number of aliphatic hydroxyl groups excluding tert-OH is 1. The fourth-order valence-corrected chi connectivity index (χ4v) is 1.27. The first kappa shape index (κ1) is 8.53. The van der Waals surface area contributed by atoms with Crippen molar-refractivity contribution in [3.05, 3.63) is 0 Å². The van der Waals surface area contributed by atoms with Crippen molar-refractivity contribution in [2.24, 2.45) is 5.92 Å². The van der Waals surface area contributed by atoms with E-state index >= 15 is 0 Å². The van der Waals surface area contributed by atoms with E-state index in [2.05, 4.69) is 6.92 Å². The topological polar surface area (TPSA) is 40.5 Å². The fraction of sp³-hybridized carbons (Fsp3) is 0.875. The SMILES string of the molecule is CCC1CN(C(=O)C(C)O)C1. The van der Waals surface area contributed by atoms with Gasteiger partial charge in [0.05, 0.1) is 0 Å². The maximum atomic E-state index is 11.1. The van der Waals surface area contributed by atoms with Gasteiger partial charge in [-0.15, -0.1) is 0 Å². The molecular formula is C8H15NO2. The third-order valence-electron chi connectivity index (χ3n) is 2.20. The number of amides is 1. The second kappa shape index (κ2) is 3.22. The molecule has 0 saturated carbocycles. The Morgan fingerprint density at radius 1 is 1.73 bits per heavy atom. The van der Waals surface area contributed by atoms with E-state index in [4.69, 9.17) is 5.11 Å². The average Bonchev–Trinajstić information content (AvgIpc) is 1.85. The van der Waals surface area contributed by atoms with Crippen molar-refractivity contribution in [3.63, 3.8) is 0 Å². The third-order valence-corrected chi connectivity index (χ3v) is 2.20. The molecule has 1 atom stereocenters. The van der Waals surface area contributed by atoms with Crippen LogP contribution >= 0.6 is 0 Å². The van der Waals surface area contributed by atoms with E-state index < -0.39 is 6.10 Å². The van der Waals surface area contributed by atoms with E-state index in [1.165, 1.54) is 6.92 Å². The van der Waals surface area contributed by atoms with Crippen LogP contribution in [0.2, 0.25) is 0 Å². The standard InChI is InChI=1S/C8H15NO2/c1-3-7-4-9(5-7)8(11)6(2)10/h6-7,10H,3-5H2,1-2H3. The summed E-state index contributed by atoms with van der Waals surface area (Å²) in [5, 5.41) is 8.92. The van der Waals surface area contributed by atoms with E-state index in [1.54, 1.807) is 4.90 Å². The van der Waals surface area contributed by atoms with Gasteiger partial charge >= 0.3 is 0 Å². The molecule has 0 aromatic carbocycles. The largest absolute Gasteiger partial charge is 0.384 e. The summed E-state index contributed by atoms with van der Waals surface area (Å²) >= 11 is 0. The third kappa shape index (κ3) is 1.71. The highest BCUT2D eigenvalue weighted by molar-refractivity contribution is 5.80. The Morgan fingerprint density at radius 3 is 2.64 bits per heavy atom. The molecular weight excluding hydrogens is 142 g/mol. The summed E-state index contributed by atoms with van der Waals surface area (Å²) in [4.78, 5) is 12.8. The summed E-state index contributed by atoms with van der Waals surface area (Å²) in [5.74, 6) is 0.535. The molecule has 0 aromatic heterocycles. The molecule has 1 aliphatic heterocycles. The summed E-state index contributed by atoms with van der Waals surface area (Å²) in [5.41, 5.74) is 0. The van der Waals surface area contributed by atoms with Crippen LogP contribution in [0, 0.1) is 5.92 Å². The van der Waals surface area contributed by atoms with Crippen molar-refractivity contribution in [2.75, 3.05) is 13.1 Å². The molecule has 3 nitrogen and oxygen atoms in total. The second-order valence-corrected chi connectivity index (χ2v) is 3.19. The fourth-order valence-electron chi connectivity index (χ4n) is 1.27. The smallest absolute Gasteiger partial charge is 0.251 e. The zero-order chi connectivity index (χ0) is 8.43. The van der Waals surface area contributed by atoms with Gasteiger partial charge in [0.15, 0.2) is 0 Å². The predicted molar refractivity (Wildman–Crippen MR) is 42.0 cm³/mol. The van der Waals surface area contributed by atoms with Crippen LogP contribution in [0.4, 0.5) is 0 Å². The number of rotatable bonds is 2. The lowest BCUT2D eigenvalue weighted by Crippen LogP contribution is -2.52. The van der Waals surface area contributed by atoms with E-state index in [9.17, 15) is 4.79 Å². The van der Waals surface area contributed by atoms with Crippen LogP contribution in [-0.4, -0.2) is 35.1 Å². The van der Waals surface area contributed by atoms with Crippen molar-refractivity contribution >= 4 is 5.91 Å². The molecule has 1 saturated heterocycles. The Morgan fingerprint density at radius 2 is 2.27 bits per heavy atom. The van der Waals surface area contributed by atoms with E-state index in [0.717, 1.165) is 19.5 Å². The number of aliphatic hydroxyl groups is 1. The van der Waals surface area contributed by atoms with Crippen LogP contribution in [0.5, 0.6) is 0 Å². The molecule has 1 amide bonds. The Bertz CT molecular complexity index is 150. The van der Waals surface area contributed by atoms with E-state index in [1.807, 2.05) is 0 Å².